The molecule has 1 aromatic rings. The molecule has 1 aliphatic rings. The standard InChI is InChI=1S/C18H24N2O5/c1-3-5-10-20-13-7-6-12(19-16(21)8-9-17(22)23)11-15(13)25-14(4-2)18(20)24/h6-7,11,14H,3-5,8-10H2,1-2H3,(H,19,21)(H,22,23). The normalized spacial score (nSPS) is 16.2. The number of carboxylic acid groups (broad SMARTS) is 1. The first-order chi connectivity index (χ1) is 12.0. The number of aliphatic carboxylic acids is 1. The van der Waals surface area contributed by atoms with Crippen molar-refractivity contribution in [2.45, 2.75) is 52.1 Å². The van der Waals surface area contributed by atoms with Crippen molar-refractivity contribution in [3.63, 3.8) is 0 Å². The summed E-state index contributed by atoms with van der Waals surface area (Å²) in [5, 5.41) is 11.3. The van der Waals surface area contributed by atoms with Gasteiger partial charge in [0.15, 0.2) is 6.10 Å². The smallest absolute Gasteiger partial charge is 0.303 e. The van der Waals surface area contributed by atoms with Crippen LogP contribution in [0.25, 0.3) is 0 Å². The van der Waals surface area contributed by atoms with Crippen LogP contribution in [0.15, 0.2) is 18.2 Å². The second kappa shape index (κ2) is 8.50. The number of anilines is 2. The monoisotopic (exact) mass is 348 g/mol. The molecule has 2 amide bonds. The molecule has 7 nitrogen and oxygen atoms in total. The molecule has 0 aromatic heterocycles. The Balaban J connectivity index is 2.18. The predicted molar refractivity (Wildman–Crippen MR) is 93.9 cm³/mol. The van der Waals surface area contributed by atoms with Crippen LogP contribution in [0.3, 0.4) is 0 Å². The fourth-order valence-corrected chi connectivity index (χ4v) is 2.65. The summed E-state index contributed by atoms with van der Waals surface area (Å²) >= 11 is 0. The minimum absolute atomic E-state index is 0.0401. The summed E-state index contributed by atoms with van der Waals surface area (Å²) in [6, 6.07) is 5.13. The van der Waals surface area contributed by atoms with Gasteiger partial charge >= 0.3 is 5.97 Å². The first-order valence-corrected chi connectivity index (χ1v) is 8.60. The number of hydrogen-bond donors (Lipinski definition) is 2. The molecule has 0 saturated heterocycles. The average Bonchev–Trinajstić information content (AvgIpc) is 2.58. The summed E-state index contributed by atoms with van der Waals surface area (Å²) < 4.78 is 5.79. The maximum Gasteiger partial charge on any atom is 0.303 e. The lowest BCUT2D eigenvalue weighted by Crippen LogP contribution is -2.46. The van der Waals surface area contributed by atoms with Crippen molar-refractivity contribution in [2.24, 2.45) is 0 Å². The fourth-order valence-electron chi connectivity index (χ4n) is 2.65. The molecule has 136 valence electrons. The van der Waals surface area contributed by atoms with Gasteiger partial charge in [-0.05, 0) is 25.0 Å². The Morgan fingerprint density at radius 1 is 1.28 bits per heavy atom. The van der Waals surface area contributed by atoms with Crippen molar-refractivity contribution in [1.82, 2.24) is 0 Å². The Morgan fingerprint density at radius 3 is 2.68 bits per heavy atom. The third-order valence-electron chi connectivity index (χ3n) is 4.02. The quantitative estimate of drug-likeness (QED) is 0.753. The Hall–Kier alpha value is -2.57. The van der Waals surface area contributed by atoms with Gasteiger partial charge in [0.05, 0.1) is 12.1 Å². The number of carbonyl (C=O) groups excluding carboxylic acids is 2. The number of benzene rings is 1. The molecule has 0 spiro atoms. The zero-order chi connectivity index (χ0) is 18.4. The van der Waals surface area contributed by atoms with Crippen molar-refractivity contribution in [3.8, 4) is 5.75 Å². The number of carbonyl (C=O) groups is 3. The highest BCUT2D eigenvalue weighted by Gasteiger charge is 2.33. The van der Waals surface area contributed by atoms with Gasteiger partial charge in [-0.15, -0.1) is 0 Å². The number of amides is 2. The van der Waals surface area contributed by atoms with Crippen molar-refractivity contribution in [1.29, 1.82) is 0 Å². The molecule has 0 saturated carbocycles. The molecule has 0 aliphatic carbocycles. The first kappa shape index (κ1) is 18.8. The number of unbranched alkanes of at least 4 members (excludes halogenated alkanes) is 1. The molecule has 25 heavy (non-hydrogen) atoms. The second-order valence-electron chi connectivity index (χ2n) is 5.98. The van der Waals surface area contributed by atoms with Crippen LogP contribution in [0.1, 0.15) is 46.0 Å². The predicted octanol–water partition coefficient (Wildman–Crippen LogP) is 2.79. The molecule has 1 unspecified atom stereocenters. The molecular formula is C18H24N2O5. The van der Waals surface area contributed by atoms with Gasteiger partial charge < -0.3 is 20.1 Å². The average molecular weight is 348 g/mol. The zero-order valence-electron chi connectivity index (χ0n) is 14.6. The van der Waals surface area contributed by atoms with Crippen LogP contribution in [0.5, 0.6) is 5.75 Å². The minimum Gasteiger partial charge on any atom is -0.481 e. The number of nitrogens with one attached hydrogen (secondary N) is 1. The van der Waals surface area contributed by atoms with Crippen LogP contribution >= 0.6 is 0 Å². The largest absolute Gasteiger partial charge is 0.481 e. The van der Waals surface area contributed by atoms with Gasteiger partial charge in [0, 0.05) is 24.7 Å². The van der Waals surface area contributed by atoms with E-state index in [1.54, 1.807) is 23.1 Å². The van der Waals surface area contributed by atoms with Crippen molar-refractivity contribution < 1.29 is 24.2 Å². The van der Waals surface area contributed by atoms with E-state index in [9.17, 15) is 14.4 Å². The number of ether oxygens (including phenoxy) is 1. The van der Waals surface area contributed by atoms with Gasteiger partial charge in [0.25, 0.3) is 5.91 Å². The van der Waals surface area contributed by atoms with Gasteiger partial charge in [-0.2, -0.15) is 0 Å². The third kappa shape index (κ3) is 4.71. The summed E-state index contributed by atoms with van der Waals surface area (Å²) in [6.45, 7) is 4.59. The van der Waals surface area contributed by atoms with E-state index in [0.29, 0.717) is 30.1 Å². The summed E-state index contributed by atoms with van der Waals surface area (Å²) in [4.78, 5) is 36.6. The minimum atomic E-state index is -1.01. The van der Waals surface area contributed by atoms with Gasteiger partial charge in [0.2, 0.25) is 5.91 Å². The molecule has 1 atom stereocenters. The maximum atomic E-state index is 12.5. The molecule has 1 aliphatic heterocycles. The van der Waals surface area contributed by atoms with Crippen LogP contribution in [0, 0.1) is 0 Å². The van der Waals surface area contributed by atoms with E-state index >= 15 is 0 Å². The second-order valence-corrected chi connectivity index (χ2v) is 5.98. The first-order valence-electron chi connectivity index (χ1n) is 8.60. The van der Waals surface area contributed by atoms with Crippen molar-refractivity contribution in [2.75, 3.05) is 16.8 Å². The maximum absolute atomic E-state index is 12.5. The summed E-state index contributed by atoms with van der Waals surface area (Å²) in [7, 11) is 0. The van der Waals surface area contributed by atoms with Gasteiger partial charge in [-0.3, -0.25) is 14.4 Å². The Kier molecular flexibility index (Phi) is 6.38. The molecule has 0 bridgehead atoms. The molecule has 1 heterocycles. The van der Waals surface area contributed by atoms with E-state index in [-0.39, 0.29) is 24.7 Å². The topological polar surface area (TPSA) is 95.9 Å². The van der Waals surface area contributed by atoms with E-state index in [2.05, 4.69) is 12.2 Å². The van der Waals surface area contributed by atoms with E-state index in [1.165, 1.54) is 0 Å². The lowest BCUT2D eigenvalue weighted by atomic mass is 10.1. The van der Waals surface area contributed by atoms with Crippen LogP contribution < -0.4 is 15.0 Å². The highest BCUT2D eigenvalue weighted by atomic mass is 16.5. The zero-order valence-corrected chi connectivity index (χ0v) is 14.6. The molecule has 7 heteroatoms. The number of nitrogens with zero attached hydrogens (tertiary/aromatic N) is 1. The van der Waals surface area contributed by atoms with Crippen molar-refractivity contribution in [3.05, 3.63) is 18.2 Å². The van der Waals surface area contributed by atoms with Crippen LogP contribution in [-0.2, 0) is 14.4 Å². The highest BCUT2D eigenvalue weighted by molar-refractivity contribution is 6.01. The van der Waals surface area contributed by atoms with Crippen LogP contribution in [0.4, 0.5) is 11.4 Å². The lowest BCUT2D eigenvalue weighted by molar-refractivity contribution is -0.138. The molecule has 0 fully saturated rings. The Morgan fingerprint density at radius 2 is 2.04 bits per heavy atom. The Labute approximate surface area is 147 Å². The van der Waals surface area contributed by atoms with Gasteiger partial charge in [-0.25, -0.2) is 0 Å². The van der Waals surface area contributed by atoms with E-state index in [0.717, 1.165) is 12.8 Å². The molecular weight excluding hydrogens is 324 g/mol. The molecule has 2 rings (SSSR count). The van der Waals surface area contributed by atoms with Gasteiger partial charge in [0.1, 0.15) is 5.75 Å². The summed E-state index contributed by atoms with van der Waals surface area (Å²) in [5.41, 5.74) is 1.22. The highest BCUT2D eigenvalue weighted by Crippen LogP contribution is 2.37. The summed E-state index contributed by atoms with van der Waals surface area (Å²) in [5.74, 6) is -0.871. The van der Waals surface area contributed by atoms with Gasteiger partial charge in [-0.1, -0.05) is 20.3 Å². The number of rotatable bonds is 8. The molecule has 2 N–H and O–H groups in total. The fraction of sp³-hybridized carbons (Fsp3) is 0.500. The van der Waals surface area contributed by atoms with Crippen LogP contribution in [-0.4, -0.2) is 35.5 Å². The van der Waals surface area contributed by atoms with E-state index in [1.807, 2.05) is 6.92 Å². The number of fused-ring (bicyclic) bond motifs is 1. The molecule has 0 radical (unpaired) electrons. The van der Waals surface area contributed by atoms with E-state index < -0.39 is 12.1 Å². The van der Waals surface area contributed by atoms with E-state index in [4.69, 9.17) is 9.84 Å². The summed E-state index contributed by atoms with van der Waals surface area (Å²) in [6.07, 6.45) is 1.61. The SMILES string of the molecule is CCCCN1C(=O)C(CC)Oc2cc(NC(=O)CCC(=O)O)ccc21. The third-order valence-corrected chi connectivity index (χ3v) is 4.02. The van der Waals surface area contributed by atoms with Crippen molar-refractivity contribution >= 4 is 29.2 Å². The number of hydrogen-bond acceptors (Lipinski definition) is 4. The Bertz CT molecular complexity index is 659. The number of carboxylic acids is 1. The van der Waals surface area contributed by atoms with Crippen LogP contribution in [0.2, 0.25) is 0 Å². The lowest BCUT2D eigenvalue weighted by Gasteiger charge is -2.34. The molecule has 1 aromatic carbocycles.